The van der Waals surface area contributed by atoms with Crippen molar-refractivity contribution in [2.45, 2.75) is 104 Å². The summed E-state index contributed by atoms with van der Waals surface area (Å²) in [6, 6.07) is 0. The summed E-state index contributed by atoms with van der Waals surface area (Å²) >= 11 is 3.51. The molecule has 0 saturated carbocycles. The van der Waals surface area contributed by atoms with E-state index in [0.29, 0.717) is 0 Å². The first kappa shape index (κ1) is 19.5. The second-order valence-electron chi connectivity index (χ2n) is 6.10. The molecule has 0 aliphatic rings. The zero-order chi connectivity index (χ0) is 14.2. The van der Waals surface area contributed by atoms with E-state index in [-0.39, 0.29) is 0 Å². The second-order valence-corrected chi connectivity index (χ2v) is 6.90. The van der Waals surface area contributed by atoms with Crippen LogP contribution in [0.4, 0.5) is 0 Å². The van der Waals surface area contributed by atoms with Crippen LogP contribution in [0.15, 0.2) is 0 Å². The van der Waals surface area contributed by atoms with Crippen molar-refractivity contribution in [2.75, 3.05) is 5.33 Å². The minimum absolute atomic E-state index is 1.04. The van der Waals surface area contributed by atoms with Gasteiger partial charge in [-0.3, -0.25) is 0 Å². The molecule has 0 heterocycles. The van der Waals surface area contributed by atoms with E-state index in [1.807, 2.05) is 0 Å². The van der Waals surface area contributed by atoms with Crippen molar-refractivity contribution >= 4 is 15.9 Å². The lowest BCUT2D eigenvalue weighted by Crippen LogP contribution is -2.01. The maximum atomic E-state index is 3.51. The van der Waals surface area contributed by atoms with Crippen LogP contribution in [0.5, 0.6) is 0 Å². The van der Waals surface area contributed by atoms with Gasteiger partial charge in [0.25, 0.3) is 0 Å². The molecule has 19 heavy (non-hydrogen) atoms. The molecule has 0 aliphatic heterocycles. The van der Waals surface area contributed by atoms with Crippen molar-refractivity contribution in [3.05, 3.63) is 0 Å². The molecule has 0 aromatic rings. The van der Waals surface area contributed by atoms with Gasteiger partial charge in [-0.1, -0.05) is 113 Å². The zero-order valence-corrected chi connectivity index (χ0v) is 15.1. The van der Waals surface area contributed by atoms with E-state index < -0.39 is 0 Å². The monoisotopic (exact) mass is 332 g/mol. The lowest BCUT2D eigenvalue weighted by molar-refractivity contribution is 0.370. The third-order valence-electron chi connectivity index (χ3n) is 4.18. The Hall–Kier alpha value is 0.480. The highest BCUT2D eigenvalue weighted by atomic mass is 79.9. The average molecular weight is 333 g/mol. The summed E-state index contributed by atoms with van der Waals surface area (Å²) in [5.41, 5.74) is 0. The molecule has 0 N–H and O–H groups in total. The summed E-state index contributed by atoms with van der Waals surface area (Å²) < 4.78 is 0. The van der Waals surface area contributed by atoms with Gasteiger partial charge in [-0.05, 0) is 12.3 Å². The Morgan fingerprint density at radius 3 is 1.47 bits per heavy atom. The molecule has 0 nitrogen and oxygen atoms in total. The van der Waals surface area contributed by atoms with Gasteiger partial charge in [-0.25, -0.2) is 0 Å². The van der Waals surface area contributed by atoms with E-state index in [4.69, 9.17) is 0 Å². The highest BCUT2D eigenvalue weighted by Crippen LogP contribution is 2.23. The molecule has 0 aliphatic carbocycles. The Morgan fingerprint density at radius 1 is 0.579 bits per heavy atom. The maximum Gasteiger partial charge on any atom is 0.00313 e. The van der Waals surface area contributed by atoms with Gasteiger partial charge in [0.1, 0.15) is 0 Å². The fourth-order valence-corrected chi connectivity index (χ4v) is 3.25. The lowest BCUT2D eigenvalue weighted by Gasteiger charge is -2.16. The Bertz CT molecular complexity index is 146. The predicted molar refractivity (Wildman–Crippen MR) is 93.3 cm³/mol. The first-order valence-electron chi connectivity index (χ1n) is 8.91. The Balaban J connectivity index is 3.58. The van der Waals surface area contributed by atoms with E-state index in [9.17, 15) is 0 Å². The van der Waals surface area contributed by atoms with Crippen molar-refractivity contribution in [1.29, 1.82) is 0 Å². The van der Waals surface area contributed by atoms with Crippen LogP contribution in [0.3, 0.4) is 0 Å². The van der Waals surface area contributed by atoms with Gasteiger partial charge in [0, 0.05) is 5.33 Å². The van der Waals surface area contributed by atoms with Crippen molar-refractivity contribution in [3.8, 4) is 0 Å². The fourth-order valence-electron chi connectivity index (χ4n) is 2.86. The van der Waals surface area contributed by atoms with Crippen LogP contribution in [-0.2, 0) is 0 Å². The van der Waals surface area contributed by atoms with E-state index in [1.54, 1.807) is 0 Å². The summed E-state index contributed by atoms with van der Waals surface area (Å²) in [5.74, 6) is 1.04. The first-order valence-corrected chi connectivity index (χ1v) is 10.0. The molecule has 0 bridgehead atoms. The number of alkyl halides is 1. The molecule has 0 amide bonds. The summed E-state index contributed by atoms with van der Waals surface area (Å²) in [6.45, 7) is 4.63. The van der Waals surface area contributed by atoms with E-state index >= 15 is 0 Å². The Kier molecular flexibility index (Phi) is 17.0. The van der Waals surface area contributed by atoms with Crippen LogP contribution in [0.2, 0.25) is 0 Å². The van der Waals surface area contributed by atoms with E-state index in [0.717, 1.165) is 5.92 Å². The van der Waals surface area contributed by atoms with Crippen LogP contribution in [-0.4, -0.2) is 5.33 Å². The van der Waals surface area contributed by atoms with Crippen molar-refractivity contribution in [1.82, 2.24) is 0 Å². The SMILES string of the molecule is CCCCCC(CCCCC)CCCCCCCBr. The second kappa shape index (κ2) is 16.5. The molecule has 1 heteroatoms. The van der Waals surface area contributed by atoms with Gasteiger partial charge in [-0.2, -0.15) is 0 Å². The van der Waals surface area contributed by atoms with Crippen LogP contribution >= 0.6 is 15.9 Å². The number of unbranched alkanes of at least 4 members (excludes halogenated alkanes) is 8. The lowest BCUT2D eigenvalue weighted by atomic mass is 9.90. The van der Waals surface area contributed by atoms with Crippen LogP contribution < -0.4 is 0 Å². The van der Waals surface area contributed by atoms with Crippen LogP contribution in [0.25, 0.3) is 0 Å². The van der Waals surface area contributed by atoms with Gasteiger partial charge in [-0.15, -0.1) is 0 Å². The average Bonchev–Trinajstić information content (AvgIpc) is 2.42. The summed E-state index contributed by atoms with van der Waals surface area (Å²) in [6.07, 6.45) is 20.2. The molecule has 0 unspecified atom stereocenters. The Labute approximate surface area is 131 Å². The molecule has 0 atom stereocenters. The topological polar surface area (TPSA) is 0 Å². The zero-order valence-electron chi connectivity index (χ0n) is 13.6. The number of hydrogen-bond donors (Lipinski definition) is 0. The van der Waals surface area contributed by atoms with Gasteiger partial charge in [0.15, 0.2) is 0 Å². The van der Waals surface area contributed by atoms with E-state index in [1.165, 1.54) is 95.2 Å². The number of halogens is 1. The summed E-state index contributed by atoms with van der Waals surface area (Å²) in [4.78, 5) is 0. The highest BCUT2D eigenvalue weighted by Gasteiger charge is 2.08. The largest absolute Gasteiger partial charge is 0.0928 e. The summed E-state index contributed by atoms with van der Waals surface area (Å²) in [5, 5.41) is 1.18. The van der Waals surface area contributed by atoms with Gasteiger partial charge >= 0.3 is 0 Å². The third kappa shape index (κ3) is 14.7. The normalized spacial score (nSPS) is 11.4. The molecular weight excluding hydrogens is 296 g/mol. The van der Waals surface area contributed by atoms with Gasteiger partial charge in [0.05, 0.1) is 0 Å². The molecule has 0 radical (unpaired) electrons. The maximum absolute atomic E-state index is 3.51. The standard InChI is InChI=1S/C18H37Br/c1-3-5-10-14-18(15-11-6-4-2)16-12-8-7-9-13-17-19/h18H,3-17H2,1-2H3. The molecule has 0 fully saturated rings. The molecule has 0 aromatic carbocycles. The highest BCUT2D eigenvalue weighted by molar-refractivity contribution is 9.09. The minimum Gasteiger partial charge on any atom is -0.0928 e. The smallest absolute Gasteiger partial charge is 0.00313 e. The number of hydrogen-bond acceptors (Lipinski definition) is 0. The predicted octanol–water partition coefficient (Wildman–Crippen LogP) is 7.50. The molecule has 0 rings (SSSR count). The summed E-state index contributed by atoms with van der Waals surface area (Å²) in [7, 11) is 0. The number of rotatable bonds is 15. The van der Waals surface area contributed by atoms with Gasteiger partial charge in [0.2, 0.25) is 0 Å². The fraction of sp³-hybridized carbons (Fsp3) is 1.00. The molecule has 0 saturated heterocycles. The molecular formula is C18H37Br. The first-order chi connectivity index (χ1) is 9.35. The van der Waals surface area contributed by atoms with E-state index in [2.05, 4.69) is 29.8 Å². The van der Waals surface area contributed by atoms with Crippen molar-refractivity contribution in [2.24, 2.45) is 5.92 Å². The molecule has 0 aromatic heterocycles. The van der Waals surface area contributed by atoms with Gasteiger partial charge < -0.3 is 0 Å². The van der Waals surface area contributed by atoms with Crippen LogP contribution in [0, 0.1) is 5.92 Å². The van der Waals surface area contributed by atoms with Crippen LogP contribution in [0.1, 0.15) is 104 Å². The molecule has 0 spiro atoms. The third-order valence-corrected chi connectivity index (χ3v) is 4.74. The van der Waals surface area contributed by atoms with Crippen molar-refractivity contribution in [3.63, 3.8) is 0 Å². The molecule has 116 valence electrons. The Morgan fingerprint density at radius 2 is 1.00 bits per heavy atom. The minimum atomic E-state index is 1.04. The quantitative estimate of drug-likeness (QED) is 0.215. The van der Waals surface area contributed by atoms with Crippen molar-refractivity contribution < 1.29 is 0 Å².